The second-order valence-corrected chi connectivity index (χ2v) is 5.73. The molecule has 0 fully saturated rings. The molecule has 5 nitrogen and oxygen atoms in total. The molecule has 1 aromatic carbocycles. The first-order valence-electron chi connectivity index (χ1n) is 6.17. The van der Waals surface area contributed by atoms with Crippen LogP contribution in [0.15, 0.2) is 18.2 Å². The van der Waals surface area contributed by atoms with E-state index in [-0.39, 0.29) is 5.92 Å². The topological polar surface area (TPSA) is 72.5 Å². The number of nitrogens with one attached hydrogen (secondary N) is 1. The summed E-state index contributed by atoms with van der Waals surface area (Å²) in [6.07, 6.45) is 0. The summed E-state index contributed by atoms with van der Waals surface area (Å²) in [5.41, 5.74) is 8.21. The van der Waals surface area contributed by atoms with Crippen LogP contribution < -0.4 is 5.73 Å². The maximum atomic E-state index is 6.25. The third kappa shape index (κ3) is 1.94. The number of nitrogens with zero attached hydrogens (tertiary/aromatic N) is 3. The lowest BCUT2D eigenvalue weighted by molar-refractivity contribution is 0.772. The van der Waals surface area contributed by atoms with Crippen molar-refractivity contribution in [1.82, 2.24) is 20.0 Å². The van der Waals surface area contributed by atoms with Crippen LogP contribution in [0.2, 0.25) is 10.0 Å². The van der Waals surface area contributed by atoms with Crippen molar-refractivity contribution in [3.8, 4) is 5.69 Å². The summed E-state index contributed by atoms with van der Waals surface area (Å²) in [5, 5.41) is 13.5. The van der Waals surface area contributed by atoms with Crippen LogP contribution in [-0.4, -0.2) is 20.0 Å². The molecule has 0 aliphatic heterocycles. The van der Waals surface area contributed by atoms with Crippen molar-refractivity contribution in [3.05, 3.63) is 33.9 Å². The molecule has 104 valence electrons. The molecule has 0 saturated carbocycles. The highest BCUT2D eigenvalue weighted by atomic mass is 35.5. The quantitative estimate of drug-likeness (QED) is 0.757. The average molecular weight is 310 g/mol. The average Bonchev–Trinajstić information content (AvgIpc) is 2.91. The highest BCUT2D eigenvalue weighted by molar-refractivity contribution is 6.35. The maximum absolute atomic E-state index is 6.25. The zero-order chi connectivity index (χ0) is 14.4. The Labute approximate surface area is 125 Å². The molecule has 3 aromatic rings. The third-order valence-electron chi connectivity index (χ3n) is 3.12. The molecule has 3 N–H and O–H groups in total. The molecule has 0 atom stereocenters. The van der Waals surface area contributed by atoms with Crippen LogP contribution in [0, 0.1) is 0 Å². The molecule has 0 unspecified atom stereocenters. The monoisotopic (exact) mass is 309 g/mol. The highest BCUT2D eigenvalue weighted by Gasteiger charge is 2.20. The summed E-state index contributed by atoms with van der Waals surface area (Å²) in [5.74, 6) is 0.741. The maximum Gasteiger partial charge on any atom is 0.186 e. The molecule has 7 heteroatoms. The zero-order valence-electron chi connectivity index (χ0n) is 11.0. The van der Waals surface area contributed by atoms with Crippen LogP contribution in [-0.2, 0) is 0 Å². The number of fused-ring (bicyclic) bond motifs is 1. The third-order valence-corrected chi connectivity index (χ3v) is 3.66. The van der Waals surface area contributed by atoms with E-state index in [1.165, 1.54) is 0 Å². The Morgan fingerprint density at radius 3 is 2.70 bits per heavy atom. The van der Waals surface area contributed by atoms with E-state index in [1.807, 2.05) is 6.07 Å². The fourth-order valence-corrected chi connectivity index (χ4v) is 2.67. The van der Waals surface area contributed by atoms with E-state index < -0.39 is 0 Å². The van der Waals surface area contributed by atoms with Gasteiger partial charge in [-0.25, -0.2) is 4.68 Å². The fourth-order valence-electron chi connectivity index (χ4n) is 2.18. The first-order chi connectivity index (χ1) is 9.49. The summed E-state index contributed by atoms with van der Waals surface area (Å²) < 4.78 is 1.69. The minimum absolute atomic E-state index is 0.227. The fraction of sp³-hybridized carbons (Fsp3) is 0.231. The Kier molecular flexibility index (Phi) is 3.11. The van der Waals surface area contributed by atoms with Gasteiger partial charge in [-0.3, -0.25) is 5.10 Å². The van der Waals surface area contributed by atoms with E-state index in [2.05, 4.69) is 29.1 Å². The summed E-state index contributed by atoms with van der Waals surface area (Å²) in [7, 11) is 0. The van der Waals surface area contributed by atoms with Gasteiger partial charge in [0.2, 0.25) is 0 Å². The largest absolute Gasteiger partial charge is 0.383 e. The molecule has 0 aliphatic rings. The van der Waals surface area contributed by atoms with Gasteiger partial charge in [0.15, 0.2) is 5.65 Å². The summed E-state index contributed by atoms with van der Waals surface area (Å²) in [4.78, 5) is 0. The zero-order valence-corrected chi connectivity index (χ0v) is 12.5. The molecule has 0 radical (unpaired) electrons. The summed E-state index contributed by atoms with van der Waals surface area (Å²) >= 11 is 12.2. The normalized spacial score (nSPS) is 11.7. The number of anilines is 1. The van der Waals surface area contributed by atoms with Gasteiger partial charge >= 0.3 is 0 Å². The van der Waals surface area contributed by atoms with Crippen molar-refractivity contribution in [2.24, 2.45) is 0 Å². The molecule has 0 bridgehead atoms. The van der Waals surface area contributed by atoms with Gasteiger partial charge in [-0.15, -0.1) is 0 Å². The number of aromatic amines is 1. The first kappa shape index (κ1) is 13.3. The molecule has 0 aliphatic carbocycles. The second-order valence-electron chi connectivity index (χ2n) is 4.88. The Morgan fingerprint density at radius 1 is 1.30 bits per heavy atom. The van der Waals surface area contributed by atoms with Crippen molar-refractivity contribution in [3.63, 3.8) is 0 Å². The molecular weight excluding hydrogens is 297 g/mol. The molecule has 0 saturated heterocycles. The van der Waals surface area contributed by atoms with Crippen LogP contribution in [0.1, 0.15) is 25.5 Å². The van der Waals surface area contributed by atoms with E-state index in [9.17, 15) is 0 Å². The number of nitrogen functional groups attached to an aromatic ring is 1. The van der Waals surface area contributed by atoms with E-state index >= 15 is 0 Å². The van der Waals surface area contributed by atoms with Crippen molar-refractivity contribution in [1.29, 1.82) is 0 Å². The predicted molar refractivity (Wildman–Crippen MR) is 81.7 cm³/mol. The smallest absolute Gasteiger partial charge is 0.186 e. The SMILES string of the molecule is CC(C)c1nn(-c2ccc(Cl)cc2Cl)c2n[nH]c(N)c12. The van der Waals surface area contributed by atoms with Crippen LogP contribution in [0.5, 0.6) is 0 Å². The minimum atomic E-state index is 0.227. The van der Waals surface area contributed by atoms with Crippen molar-refractivity contribution < 1.29 is 0 Å². The number of hydrogen-bond acceptors (Lipinski definition) is 3. The standard InChI is InChI=1S/C13H13Cl2N5/c1-6(2)11-10-12(16)17-18-13(10)20(19-11)9-4-3-7(14)5-8(9)15/h3-6H,1-2H3,(H3,16,17,18). The molecule has 20 heavy (non-hydrogen) atoms. The Balaban J connectivity index is 2.31. The second kappa shape index (κ2) is 4.68. The van der Waals surface area contributed by atoms with Gasteiger partial charge in [-0.2, -0.15) is 10.2 Å². The van der Waals surface area contributed by atoms with Crippen molar-refractivity contribution in [2.45, 2.75) is 19.8 Å². The number of nitrogens with two attached hydrogens (primary N) is 1. The van der Waals surface area contributed by atoms with Crippen molar-refractivity contribution in [2.75, 3.05) is 5.73 Å². The Hall–Kier alpha value is -1.72. The molecule has 2 heterocycles. The Bertz CT molecular complexity index is 788. The Morgan fingerprint density at radius 2 is 2.05 bits per heavy atom. The van der Waals surface area contributed by atoms with Crippen LogP contribution in [0.3, 0.4) is 0 Å². The minimum Gasteiger partial charge on any atom is -0.383 e. The molecule has 3 rings (SSSR count). The number of H-pyrrole nitrogens is 1. The summed E-state index contributed by atoms with van der Waals surface area (Å²) in [6.45, 7) is 4.12. The van der Waals surface area contributed by atoms with Crippen LogP contribution >= 0.6 is 23.2 Å². The number of hydrogen-bond donors (Lipinski definition) is 2. The number of aromatic nitrogens is 4. The highest BCUT2D eigenvalue weighted by Crippen LogP contribution is 2.32. The first-order valence-corrected chi connectivity index (χ1v) is 6.92. The van der Waals surface area contributed by atoms with Gasteiger partial charge in [0.1, 0.15) is 5.82 Å². The van der Waals surface area contributed by atoms with Gasteiger partial charge < -0.3 is 5.73 Å². The van der Waals surface area contributed by atoms with Crippen molar-refractivity contribution >= 4 is 40.1 Å². The van der Waals surface area contributed by atoms with Gasteiger partial charge in [-0.1, -0.05) is 37.0 Å². The molecular formula is C13H13Cl2N5. The van der Waals surface area contributed by atoms with Gasteiger partial charge in [0.25, 0.3) is 0 Å². The molecule has 0 amide bonds. The number of rotatable bonds is 2. The van der Waals surface area contributed by atoms with E-state index in [0.717, 1.165) is 16.8 Å². The number of benzene rings is 1. The van der Waals surface area contributed by atoms with Gasteiger partial charge in [0, 0.05) is 5.02 Å². The summed E-state index contributed by atoms with van der Waals surface area (Å²) in [6, 6.07) is 5.25. The van der Waals surface area contributed by atoms with E-state index in [0.29, 0.717) is 21.5 Å². The van der Waals surface area contributed by atoms with Crippen LogP contribution in [0.25, 0.3) is 16.7 Å². The predicted octanol–water partition coefficient (Wildman–Crippen LogP) is 3.76. The molecule has 2 aromatic heterocycles. The molecule has 0 spiro atoms. The van der Waals surface area contributed by atoms with E-state index in [1.54, 1.807) is 16.8 Å². The number of halogens is 2. The lowest BCUT2D eigenvalue weighted by atomic mass is 10.1. The van der Waals surface area contributed by atoms with E-state index in [4.69, 9.17) is 28.9 Å². The lowest BCUT2D eigenvalue weighted by Gasteiger charge is -2.05. The van der Waals surface area contributed by atoms with Crippen LogP contribution in [0.4, 0.5) is 5.82 Å². The van der Waals surface area contributed by atoms with Gasteiger partial charge in [-0.05, 0) is 24.1 Å². The lowest BCUT2D eigenvalue weighted by Crippen LogP contribution is -2.00. The van der Waals surface area contributed by atoms with Gasteiger partial charge in [0.05, 0.1) is 21.8 Å².